The summed E-state index contributed by atoms with van der Waals surface area (Å²) in [5, 5.41) is 3.49. The summed E-state index contributed by atoms with van der Waals surface area (Å²) in [4.78, 5) is 4.14. The molecule has 0 spiro atoms. The molecule has 1 aliphatic rings. The molecule has 3 nitrogen and oxygen atoms in total. The van der Waals surface area contributed by atoms with Crippen molar-refractivity contribution in [3.8, 4) is 0 Å². The fourth-order valence-electron chi connectivity index (χ4n) is 2.93. The Balaban J connectivity index is 1.59. The largest absolute Gasteiger partial charge is 0.373 e. The van der Waals surface area contributed by atoms with Crippen molar-refractivity contribution in [1.82, 2.24) is 10.3 Å². The van der Waals surface area contributed by atoms with E-state index >= 15 is 0 Å². The van der Waals surface area contributed by atoms with Crippen LogP contribution >= 0.6 is 0 Å². The van der Waals surface area contributed by atoms with Gasteiger partial charge in [0.25, 0.3) is 0 Å². The molecule has 1 aromatic heterocycles. The summed E-state index contributed by atoms with van der Waals surface area (Å²) in [7, 11) is 0. The second-order valence-corrected chi connectivity index (χ2v) is 5.65. The first-order valence-electron chi connectivity index (χ1n) is 7.67. The summed E-state index contributed by atoms with van der Waals surface area (Å²) in [6.45, 7) is 2.74. The van der Waals surface area contributed by atoms with E-state index in [-0.39, 0.29) is 0 Å². The van der Waals surface area contributed by atoms with Gasteiger partial charge in [-0.15, -0.1) is 0 Å². The van der Waals surface area contributed by atoms with E-state index in [2.05, 4.69) is 46.7 Å². The first kappa shape index (κ1) is 14.2. The van der Waals surface area contributed by atoms with E-state index in [4.69, 9.17) is 4.74 Å². The number of benzene rings is 1. The molecule has 0 amide bonds. The Bertz CT molecular complexity index is 529. The van der Waals surface area contributed by atoms with Gasteiger partial charge < -0.3 is 10.1 Å². The van der Waals surface area contributed by atoms with E-state index in [1.54, 1.807) is 6.20 Å². The number of hydrogen-bond acceptors (Lipinski definition) is 3. The SMILES string of the molecule is c1ccc(C[C@@H]2CNCC[C@H]2OCc2cccnc2)cc1. The van der Waals surface area contributed by atoms with Crippen molar-refractivity contribution in [2.45, 2.75) is 25.6 Å². The third kappa shape index (κ3) is 4.13. The second kappa shape index (κ2) is 7.34. The van der Waals surface area contributed by atoms with E-state index in [1.165, 1.54) is 5.56 Å². The molecule has 1 aromatic carbocycles. The van der Waals surface area contributed by atoms with Crippen molar-refractivity contribution in [1.29, 1.82) is 0 Å². The van der Waals surface area contributed by atoms with Crippen LogP contribution in [-0.4, -0.2) is 24.2 Å². The zero-order valence-corrected chi connectivity index (χ0v) is 12.2. The van der Waals surface area contributed by atoms with Crippen LogP contribution < -0.4 is 5.32 Å². The van der Waals surface area contributed by atoms with Crippen LogP contribution in [0.3, 0.4) is 0 Å². The lowest BCUT2D eigenvalue weighted by atomic mass is 9.89. The van der Waals surface area contributed by atoms with Crippen molar-refractivity contribution >= 4 is 0 Å². The number of pyridine rings is 1. The average Bonchev–Trinajstić information content (AvgIpc) is 2.56. The highest BCUT2D eigenvalue weighted by molar-refractivity contribution is 5.16. The number of rotatable bonds is 5. The van der Waals surface area contributed by atoms with Crippen molar-refractivity contribution in [2.24, 2.45) is 5.92 Å². The van der Waals surface area contributed by atoms with Gasteiger partial charge in [-0.2, -0.15) is 0 Å². The molecule has 1 fully saturated rings. The van der Waals surface area contributed by atoms with E-state index in [9.17, 15) is 0 Å². The standard InChI is InChI=1S/C18H22N2O/c1-2-5-15(6-3-1)11-17-13-20-10-8-18(17)21-14-16-7-4-9-19-12-16/h1-7,9,12,17-18,20H,8,10-11,13-14H2/t17-,18-/m1/s1. The second-order valence-electron chi connectivity index (χ2n) is 5.65. The molecule has 3 heteroatoms. The van der Waals surface area contributed by atoms with Crippen LogP contribution in [0.4, 0.5) is 0 Å². The van der Waals surface area contributed by atoms with Gasteiger partial charge in [-0.05, 0) is 36.6 Å². The predicted molar refractivity (Wildman–Crippen MR) is 83.9 cm³/mol. The molecule has 0 aliphatic carbocycles. The predicted octanol–water partition coefficient (Wildman–Crippen LogP) is 2.82. The fourth-order valence-corrected chi connectivity index (χ4v) is 2.93. The van der Waals surface area contributed by atoms with Crippen molar-refractivity contribution in [3.05, 3.63) is 66.0 Å². The normalized spacial score (nSPS) is 22.1. The van der Waals surface area contributed by atoms with Gasteiger partial charge >= 0.3 is 0 Å². The van der Waals surface area contributed by atoms with Gasteiger partial charge in [0.05, 0.1) is 12.7 Å². The van der Waals surface area contributed by atoms with Gasteiger partial charge in [0, 0.05) is 24.9 Å². The van der Waals surface area contributed by atoms with Crippen LogP contribution in [0.1, 0.15) is 17.5 Å². The minimum absolute atomic E-state index is 0.326. The molecule has 1 N–H and O–H groups in total. The monoisotopic (exact) mass is 282 g/mol. The Kier molecular flexibility index (Phi) is 4.98. The number of aromatic nitrogens is 1. The van der Waals surface area contributed by atoms with Crippen molar-refractivity contribution in [3.63, 3.8) is 0 Å². The molecular weight excluding hydrogens is 260 g/mol. The highest BCUT2D eigenvalue weighted by atomic mass is 16.5. The molecule has 0 unspecified atom stereocenters. The summed E-state index contributed by atoms with van der Waals surface area (Å²) in [5.74, 6) is 0.540. The van der Waals surface area contributed by atoms with Crippen molar-refractivity contribution in [2.75, 3.05) is 13.1 Å². The first-order chi connectivity index (χ1) is 10.4. The van der Waals surface area contributed by atoms with E-state index in [0.717, 1.165) is 31.5 Å². The highest BCUT2D eigenvalue weighted by Crippen LogP contribution is 2.21. The van der Waals surface area contributed by atoms with Crippen molar-refractivity contribution < 1.29 is 4.74 Å². The Labute approximate surface area is 126 Å². The van der Waals surface area contributed by atoms with Crippen LogP contribution in [-0.2, 0) is 17.8 Å². The molecule has 1 aliphatic heterocycles. The van der Waals surface area contributed by atoms with Gasteiger partial charge in [-0.3, -0.25) is 4.98 Å². The average molecular weight is 282 g/mol. The number of nitrogens with one attached hydrogen (secondary N) is 1. The number of piperidine rings is 1. The van der Waals surface area contributed by atoms with Crippen LogP contribution in [0.5, 0.6) is 0 Å². The lowest BCUT2D eigenvalue weighted by molar-refractivity contribution is -0.0152. The number of hydrogen-bond donors (Lipinski definition) is 1. The number of ether oxygens (including phenoxy) is 1. The Morgan fingerprint density at radius 2 is 1.95 bits per heavy atom. The minimum atomic E-state index is 0.326. The summed E-state index contributed by atoms with van der Waals surface area (Å²) in [6.07, 6.45) is 6.16. The van der Waals surface area contributed by atoms with Gasteiger partial charge in [-0.25, -0.2) is 0 Å². The smallest absolute Gasteiger partial charge is 0.0735 e. The van der Waals surface area contributed by atoms with Gasteiger partial charge in [-0.1, -0.05) is 36.4 Å². The fraction of sp³-hybridized carbons (Fsp3) is 0.389. The Hall–Kier alpha value is -1.71. The van der Waals surface area contributed by atoms with E-state index in [0.29, 0.717) is 18.6 Å². The molecule has 3 rings (SSSR count). The molecule has 2 atom stereocenters. The molecule has 1 saturated heterocycles. The van der Waals surface area contributed by atoms with Crippen LogP contribution in [0, 0.1) is 5.92 Å². The maximum atomic E-state index is 6.17. The number of nitrogens with zero attached hydrogens (tertiary/aromatic N) is 1. The molecule has 21 heavy (non-hydrogen) atoms. The quantitative estimate of drug-likeness (QED) is 0.915. The maximum absolute atomic E-state index is 6.17. The van der Waals surface area contributed by atoms with E-state index in [1.807, 2.05) is 12.3 Å². The maximum Gasteiger partial charge on any atom is 0.0735 e. The summed E-state index contributed by atoms with van der Waals surface area (Å²) in [5.41, 5.74) is 2.54. The summed E-state index contributed by atoms with van der Waals surface area (Å²) >= 11 is 0. The van der Waals surface area contributed by atoms with Gasteiger partial charge in [0.1, 0.15) is 0 Å². The molecule has 0 bridgehead atoms. The molecule has 110 valence electrons. The summed E-state index contributed by atoms with van der Waals surface area (Å²) in [6, 6.07) is 14.7. The Morgan fingerprint density at radius 1 is 1.10 bits per heavy atom. The molecule has 2 aromatic rings. The van der Waals surface area contributed by atoms with E-state index < -0.39 is 0 Å². The lowest BCUT2D eigenvalue weighted by Crippen LogP contribution is -2.42. The zero-order chi connectivity index (χ0) is 14.3. The van der Waals surface area contributed by atoms with Crippen LogP contribution in [0.15, 0.2) is 54.9 Å². The molecule has 2 heterocycles. The molecular formula is C18H22N2O. The third-order valence-electron chi connectivity index (χ3n) is 4.07. The van der Waals surface area contributed by atoms with Gasteiger partial charge in [0.2, 0.25) is 0 Å². The van der Waals surface area contributed by atoms with Crippen LogP contribution in [0.2, 0.25) is 0 Å². The molecule has 0 radical (unpaired) electrons. The topological polar surface area (TPSA) is 34.1 Å². The molecule has 0 saturated carbocycles. The minimum Gasteiger partial charge on any atom is -0.373 e. The third-order valence-corrected chi connectivity index (χ3v) is 4.07. The Morgan fingerprint density at radius 3 is 2.76 bits per heavy atom. The first-order valence-corrected chi connectivity index (χ1v) is 7.67. The lowest BCUT2D eigenvalue weighted by Gasteiger charge is -2.32. The van der Waals surface area contributed by atoms with Crippen LogP contribution in [0.25, 0.3) is 0 Å². The highest BCUT2D eigenvalue weighted by Gasteiger charge is 2.25. The van der Waals surface area contributed by atoms with Gasteiger partial charge in [0.15, 0.2) is 0 Å². The zero-order valence-electron chi connectivity index (χ0n) is 12.2. The summed E-state index contributed by atoms with van der Waals surface area (Å²) < 4.78 is 6.17.